The Morgan fingerprint density at radius 3 is 2.46 bits per heavy atom. The molecule has 0 spiro atoms. The number of nitrogens with one attached hydrogen (secondary N) is 1. The van der Waals surface area contributed by atoms with E-state index in [1.807, 2.05) is 30.3 Å². The Labute approximate surface area is 141 Å². The van der Waals surface area contributed by atoms with Crippen molar-refractivity contribution in [2.75, 3.05) is 25.1 Å². The number of hydrogen-bond donors (Lipinski definition) is 1. The zero-order valence-electron chi connectivity index (χ0n) is 13.9. The number of benzene rings is 1. The van der Waals surface area contributed by atoms with Crippen LogP contribution in [0.25, 0.3) is 0 Å². The average Bonchev–Trinajstić information content (AvgIpc) is 2.67. The van der Waals surface area contributed by atoms with Gasteiger partial charge in [0.05, 0.1) is 7.11 Å². The molecule has 24 heavy (non-hydrogen) atoms. The summed E-state index contributed by atoms with van der Waals surface area (Å²) in [5.74, 6) is 1.43. The predicted octanol–water partition coefficient (Wildman–Crippen LogP) is 2.41. The van der Waals surface area contributed by atoms with E-state index in [4.69, 9.17) is 4.74 Å². The third-order valence-electron chi connectivity index (χ3n) is 4.18. The smallest absolute Gasteiger partial charge is 0.272 e. The van der Waals surface area contributed by atoms with E-state index < -0.39 is 0 Å². The fourth-order valence-corrected chi connectivity index (χ4v) is 2.75. The second-order valence-corrected chi connectivity index (χ2v) is 5.86. The van der Waals surface area contributed by atoms with Crippen LogP contribution in [0, 0.1) is 0 Å². The zero-order chi connectivity index (χ0) is 16.8. The van der Waals surface area contributed by atoms with E-state index in [2.05, 4.69) is 20.4 Å². The Kier molecular flexibility index (Phi) is 5.25. The number of ether oxygens (including phenoxy) is 1. The Hall–Kier alpha value is -2.63. The van der Waals surface area contributed by atoms with Crippen LogP contribution < -0.4 is 15.0 Å². The molecule has 3 rings (SSSR count). The van der Waals surface area contributed by atoms with Gasteiger partial charge in [0, 0.05) is 19.6 Å². The summed E-state index contributed by atoms with van der Waals surface area (Å²) >= 11 is 0. The lowest BCUT2D eigenvalue weighted by molar-refractivity contribution is 0.0945. The maximum atomic E-state index is 12.2. The molecule has 6 nitrogen and oxygen atoms in total. The molecule has 1 aliphatic heterocycles. The Balaban J connectivity index is 1.56. The summed E-state index contributed by atoms with van der Waals surface area (Å²) < 4.78 is 5.12. The van der Waals surface area contributed by atoms with E-state index in [0.717, 1.165) is 30.2 Å². The molecule has 0 saturated carbocycles. The number of rotatable bonds is 5. The summed E-state index contributed by atoms with van der Waals surface area (Å²) in [6.45, 7) is 2.47. The van der Waals surface area contributed by atoms with Crippen LogP contribution in [0.5, 0.6) is 5.75 Å². The van der Waals surface area contributed by atoms with Crippen LogP contribution in [0.2, 0.25) is 0 Å². The first kappa shape index (κ1) is 16.2. The molecule has 1 aliphatic rings. The van der Waals surface area contributed by atoms with Gasteiger partial charge < -0.3 is 15.0 Å². The van der Waals surface area contributed by atoms with E-state index in [0.29, 0.717) is 12.2 Å². The molecule has 2 aromatic rings. The van der Waals surface area contributed by atoms with E-state index >= 15 is 0 Å². The molecule has 0 atom stereocenters. The van der Waals surface area contributed by atoms with Crippen molar-refractivity contribution in [3.63, 3.8) is 0 Å². The molecule has 1 fully saturated rings. The second kappa shape index (κ2) is 7.77. The van der Waals surface area contributed by atoms with Crippen molar-refractivity contribution in [2.24, 2.45) is 0 Å². The molecule has 1 saturated heterocycles. The van der Waals surface area contributed by atoms with Crippen LogP contribution in [-0.2, 0) is 6.54 Å². The Bertz CT molecular complexity index is 664. The topological polar surface area (TPSA) is 67.3 Å². The summed E-state index contributed by atoms with van der Waals surface area (Å²) in [7, 11) is 1.63. The number of carbonyl (C=O) groups is 1. The number of piperidine rings is 1. The first-order chi connectivity index (χ1) is 11.8. The van der Waals surface area contributed by atoms with Crippen LogP contribution in [-0.4, -0.2) is 36.3 Å². The molecule has 1 aromatic carbocycles. The van der Waals surface area contributed by atoms with E-state index in [1.54, 1.807) is 13.2 Å². The van der Waals surface area contributed by atoms with Gasteiger partial charge in [-0.3, -0.25) is 4.79 Å². The highest BCUT2D eigenvalue weighted by Gasteiger charge is 2.14. The van der Waals surface area contributed by atoms with Crippen LogP contribution in [0.3, 0.4) is 0 Å². The molecule has 0 aliphatic carbocycles. The molecule has 6 heteroatoms. The third-order valence-corrected chi connectivity index (χ3v) is 4.18. The van der Waals surface area contributed by atoms with Gasteiger partial charge in [-0.1, -0.05) is 12.1 Å². The lowest BCUT2D eigenvalue weighted by Crippen LogP contribution is -2.31. The first-order valence-electron chi connectivity index (χ1n) is 8.26. The second-order valence-electron chi connectivity index (χ2n) is 5.86. The fourth-order valence-electron chi connectivity index (χ4n) is 2.75. The third kappa shape index (κ3) is 4.01. The van der Waals surface area contributed by atoms with Crippen molar-refractivity contribution in [3.05, 3.63) is 47.7 Å². The molecular formula is C18H22N4O2. The highest BCUT2D eigenvalue weighted by Crippen LogP contribution is 2.16. The van der Waals surface area contributed by atoms with Crippen molar-refractivity contribution in [3.8, 4) is 5.75 Å². The van der Waals surface area contributed by atoms with Gasteiger partial charge in [0.1, 0.15) is 5.75 Å². The quantitative estimate of drug-likeness (QED) is 0.914. The summed E-state index contributed by atoms with van der Waals surface area (Å²) in [4.78, 5) is 14.4. The number of nitrogens with zero attached hydrogens (tertiary/aromatic N) is 3. The van der Waals surface area contributed by atoms with Crippen molar-refractivity contribution in [1.82, 2.24) is 15.5 Å². The monoisotopic (exact) mass is 326 g/mol. The number of anilines is 1. The van der Waals surface area contributed by atoms with Gasteiger partial charge in [0.25, 0.3) is 5.91 Å². The normalized spacial score (nSPS) is 14.3. The van der Waals surface area contributed by atoms with E-state index in [1.165, 1.54) is 19.3 Å². The summed E-state index contributed by atoms with van der Waals surface area (Å²) in [6.07, 6.45) is 3.65. The van der Waals surface area contributed by atoms with Crippen molar-refractivity contribution < 1.29 is 9.53 Å². The largest absolute Gasteiger partial charge is 0.497 e. The van der Waals surface area contributed by atoms with Gasteiger partial charge >= 0.3 is 0 Å². The SMILES string of the molecule is COc1ccc(CNC(=O)c2ccc(N3CCCCC3)nn2)cc1. The van der Waals surface area contributed by atoms with Gasteiger partial charge in [0.2, 0.25) is 0 Å². The minimum atomic E-state index is -0.219. The van der Waals surface area contributed by atoms with Crippen LogP contribution in [0.15, 0.2) is 36.4 Å². The van der Waals surface area contributed by atoms with E-state index in [-0.39, 0.29) is 5.91 Å². The maximum absolute atomic E-state index is 12.2. The highest BCUT2D eigenvalue weighted by atomic mass is 16.5. The van der Waals surface area contributed by atoms with Crippen molar-refractivity contribution in [2.45, 2.75) is 25.8 Å². The molecule has 0 radical (unpaired) electrons. The van der Waals surface area contributed by atoms with Gasteiger partial charge in [-0.05, 0) is 49.1 Å². The summed E-state index contributed by atoms with van der Waals surface area (Å²) in [5.41, 5.74) is 1.34. The first-order valence-corrected chi connectivity index (χ1v) is 8.26. The lowest BCUT2D eigenvalue weighted by Gasteiger charge is -2.27. The number of amides is 1. The lowest BCUT2D eigenvalue weighted by atomic mass is 10.1. The standard InChI is InChI=1S/C18H22N4O2/c1-24-15-7-5-14(6-8-15)13-19-18(23)16-9-10-17(21-20-16)22-11-3-2-4-12-22/h5-10H,2-4,11-13H2,1H3,(H,19,23). The van der Waals surface area contributed by atoms with Gasteiger partial charge in [0.15, 0.2) is 11.5 Å². The van der Waals surface area contributed by atoms with Crippen LogP contribution in [0.1, 0.15) is 35.3 Å². The van der Waals surface area contributed by atoms with Gasteiger partial charge in [-0.2, -0.15) is 0 Å². The fraction of sp³-hybridized carbons (Fsp3) is 0.389. The molecular weight excluding hydrogens is 304 g/mol. The average molecular weight is 326 g/mol. The molecule has 1 N–H and O–H groups in total. The highest BCUT2D eigenvalue weighted by molar-refractivity contribution is 5.92. The molecule has 0 unspecified atom stereocenters. The predicted molar refractivity (Wildman–Crippen MR) is 92.3 cm³/mol. The van der Waals surface area contributed by atoms with Gasteiger partial charge in [-0.15, -0.1) is 10.2 Å². The number of aromatic nitrogens is 2. The zero-order valence-corrected chi connectivity index (χ0v) is 13.9. The van der Waals surface area contributed by atoms with Crippen molar-refractivity contribution in [1.29, 1.82) is 0 Å². The summed E-state index contributed by atoms with van der Waals surface area (Å²) in [6, 6.07) is 11.2. The minimum Gasteiger partial charge on any atom is -0.497 e. The number of methoxy groups -OCH3 is 1. The molecule has 1 amide bonds. The van der Waals surface area contributed by atoms with E-state index in [9.17, 15) is 4.79 Å². The molecule has 0 bridgehead atoms. The maximum Gasteiger partial charge on any atom is 0.272 e. The summed E-state index contributed by atoms with van der Waals surface area (Å²) in [5, 5.41) is 11.1. The molecule has 1 aromatic heterocycles. The van der Waals surface area contributed by atoms with Crippen molar-refractivity contribution >= 4 is 11.7 Å². The molecule has 126 valence electrons. The molecule has 2 heterocycles. The minimum absolute atomic E-state index is 0.219. The van der Waals surface area contributed by atoms with Crippen LogP contribution >= 0.6 is 0 Å². The Morgan fingerprint density at radius 2 is 1.83 bits per heavy atom. The number of carbonyl (C=O) groups excluding carboxylic acids is 1. The van der Waals surface area contributed by atoms with Crippen LogP contribution in [0.4, 0.5) is 5.82 Å². The Morgan fingerprint density at radius 1 is 1.08 bits per heavy atom. The number of hydrogen-bond acceptors (Lipinski definition) is 5. The van der Waals surface area contributed by atoms with Gasteiger partial charge in [-0.25, -0.2) is 0 Å².